The highest BCUT2D eigenvalue weighted by atomic mass is 16.2. The maximum atomic E-state index is 14.0. The van der Waals surface area contributed by atoms with Gasteiger partial charge in [0.25, 0.3) is 0 Å². The van der Waals surface area contributed by atoms with E-state index in [4.69, 9.17) is 0 Å². The Morgan fingerprint density at radius 1 is 1.05 bits per heavy atom. The molecule has 0 bridgehead atoms. The molecule has 3 aliphatic rings. The summed E-state index contributed by atoms with van der Waals surface area (Å²) in [7, 11) is 0. The molecule has 1 aromatic rings. The van der Waals surface area contributed by atoms with E-state index >= 15 is 0 Å². The summed E-state index contributed by atoms with van der Waals surface area (Å²) in [6.45, 7) is 5.64. The molecule has 0 radical (unpaired) electrons. The number of amides is 4. The monoisotopic (exact) mass is 549 g/mol. The second-order valence-corrected chi connectivity index (χ2v) is 12.9. The molecule has 1 aromatic carbocycles. The molecule has 0 saturated heterocycles. The number of fused-ring (bicyclic) bond motifs is 1. The van der Waals surface area contributed by atoms with E-state index in [0.717, 1.165) is 50.5 Å². The minimum absolute atomic E-state index is 0.0749. The third-order valence-corrected chi connectivity index (χ3v) is 8.13. The van der Waals surface area contributed by atoms with Crippen LogP contribution < -0.4 is 16.0 Å². The number of carbonyl (C=O) groups is 4. The summed E-state index contributed by atoms with van der Waals surface area (Å²) in [6.07, 6.45) is 8.04. The van der Waals surface area contributed by atoms with Gasteiger partial charge in [0, 0.05) is 18.0 Å². The summed E-state index contributed by atoms with van der Waals surface area (Å²) in [5.74, 6) is -1.01. The van der Waals surface area contributed by atoms with E-state index in [2.05, 4.69) is 22.0 Å². The first-order valence-electron chi connectivity index (χ1n) is 14.7. The number of para-hydroxylation sites is 1. The molecule has 0 unspecified atom stereocenters. The van der Waals surface area contributed by atoms with Crippen molar-refractivity contribution >= 4 is 29.3 Å². The molecule has 3 atom stereocenters. The van der Waals surface area contributed by atoms with Gasteiger partial charge in [-0.15, -0.1) is 0 Å². The molecule has 3 N–H and O–H groups in total. The Morgan fingerprint density at radius 3 is 2.40 bits per heavy atom. The van der Waals surface area contributed by atoms with Crippen molar-refractivity contribution in [2.45, 2.75) is 103 Å². The fourth-order valence-electron chi connectivity index (χ4n) is 5.80. The highest BCUT2D eigenvalue weighted by molar-refractivity contribution is 5.98. The van der Waals surface area contributed by atoms with E-state index in [9.17, 15) is 24.4 Å². The normalized spacial score (nSPS) is 21.5. The average Bonchev–Trinajstić information content (AvgIpc) is 3.73. The minimum Gasteiger partial charge on any atom is -0.344 e. The fourth-order valence-corrected chi connectivity index (χ4v) is 5.80. The second kappa shape index (κ2) is 12.8. The van der Waals surface area contributed by atoms with Crippen LogP contribution >= 0.6 is 0 Å². The standard InChI is InChI=1S/C31H43N5O4/c1-31(2,3)17-26(30(40)36-19-27(37)33-24-12-8-7-11-22(24)16-23(36)18-32)35-29(39)25(15-20-13-14-20)34-28(38)21-9-5-4-6-10-21/h7-8,11-12,20-21,23,25-26H,4-6,9-10,13-17,19H2,1-3H3,(H,33,37)(H,34,38)(H,35,39)/t23-,25-,26-/m0/s1. The van der Waals surface area contributed by atoms with Gasteiger partial charge in [-0.1, -0.05) is 71.1 Å². The van der Waals surface area contributed by atoms with Gasteiger partial charge in [0.05, 0.1) is 6.07 Å². The van der Waals surface area contributed by atoms with Gasteiger partial charge in [-0.25, -0.2) is 0 Å². The highest BCUT2D eigenvalue weighted by Crippen LogP contribution is 2.34. The Kier molecular flexibility index (Phi) is 9.49. The van der Waals surface area contributed by atoms with Crippen LogP contribution in [-0.4, -0.2) is 53.2 Å². The molecule has 1 aliphatic heterocycles. The molecule has 2 aliphatic carbocycles. The van der Waals surface area contributed by atoms with Crippen molar-refractivity contribution in [1.29, 1.82) is 5.26 Å². The molecular formula is C31H43N5O4. The fraction of sp³-hybridized carbons (Fsp3) is 0.645. The van der Waals surface area contributed by atoms with Gasteiger partial charge in [0.15, 0.2) is 0 Å². The number of anilines is 1. The first kappa shape index (κ1) is 29.6. The second-order valence-electron chi connectivity index (χ2n) is 12.9. The van der Waals surface area contributed by atoms with Crippen molar-refractivity contribution in [2.75, 3.05) is 11.9 Å². The average molecular weight is 550 g/mol. The van der Waals surface area contributed by atoms with E-state index < -0.39 is 29.9 Å². The van der Waals surface area contributed by atoms with E-state index in [1.807, 2.05) is 39.0 Å². The summed E-state index contributed by atoms with van der Waals surface area (Å²) in [5, 5.41) is 18.8. The molecule has 4 rings (SSSR count). The number of nitrogens with zero attached hydrogens (tertiary/aromatic N) is 2. The number of carbonyl (C=O) groups excluding carboxylic acids is 4. The topological polar surface area (TPSA) is 131 Å². The predicted octanol–water partition coefficient (Wildman–Crippen LogP) is 3.69. The van der Waals surface area contributed by atoms with E-state index in [0.29, 0.717) is 24.4 Å². The van der Waals surface area contributed by atoms with E-state index in [1.54, 1.807) is 6.07 Å². The van der Waals surface area contributed by atoms with Gasteiger partial charge in [-0.05, 0) is 48.6 Å². The van der Waals surface area contributed by atoms with Gasteiger partial charge in [-0.3, -0.25) is 19.2 Å². The van der Waals surface area contributed by atoms with Crippen molar-refractivity contribution in [3.05, 3.63) is 29.8 Å². The molecule has 0 aromatic heterocycles. The molecule has 9 heteroatoms. The summed E-state index contributed by atoms with van der Waals surface area (Å²) < 4.78 is 0. The lowest BCUT2D eigenvalue weighted by molar-refractivity contribution is -0.141. The third kappa shape index (κ3) is 8.06. The Hall–Kier alpha value is -3.41. The number of benzene rings is 1. The molecule has 40 heavy (non-hydrogen) atoms. The van der Waals surface area contributed by atoms with Gasteiger partial charge in [-0.2, -0.15) is 5.26 Å². The van der Waals surface area contributed by atoms with Crippen LogP contribution in [0, 0.1) is 28.6 Å². The van der Waals surface area contributed by atoms with Crippen molar-refractivity contribution in [3.8, 4) is 6.07 Å². The molecule has 1 heterocycles. The van der Waals surface area contributed by atoms with Crippen molar-refractivity contribution in [2.24, 2.45) is 17.3 Å². The van der Waals surface area contributed by atoms with Crippen LogP contribution in [0.2, 0.25) is 0 Å². The zero-order chi connectivity index (χ0) is 28.9. The van der Waals surface area contributed by atoms with Crippen LogP contribution in [0.15, 0.2) is 24.3 Å². The van der Waals surface area contributed by atoms with Gasteiger partial charge in [0.1, 0.15) is 24.7 Å². The van der Waals surface area contributed by atoms with Crippen molar-refractivity contribution in [1.82, 2.24) is 15.5 Å². The SMILES string of the molecule is CC(C)(C)C[C@H](NC(=O)[C@H](CC1CC1)NC(=O)C1CCCCC1)C(=O)N1CC(=O)Nc2ccccc2C[C@H]1C#N. The lowest BCUT2D eigenvalue weighted by Crippen LogP contribution is -2.58. The maximum absolute atomic E-state index is 14.0. The van der Waals surface area contributed by atoms with Gasteiger partial charge >= 0.3 is 0 Å². The molecular weight excluding hydrogens is 506 g/mol. The van der Waals surface area contributed by atoms with Crippen LogP contribution in [0.1, 0.15) is 84.1 Å². The zero-order valence-corrected chi connectivity index (χ0v) is 24.0. The Bertz CT molecular complexity index is 1140. The van der Waals surface area contributed by atoms with E-state index in [1.165, 1.54) is 4.90 Å². The lowest BCUT2D eigenvalue weighted by Gasteiger charge is -2.35. The number of hydrogen-bond donors (Lipinski definition) is 3. The van der Waals surface area contributed by atoms with E-state index in [-0.39, 0.29) is 36.1 Å². The third-order valence-electron chi connectivity index (χ3n) is 8.13. The quantitative estimate of drug-likeness (QED) is 0.455. The smallest absolute Gasteiger partial charge is 0.246 e. The minimum atomic E-state index is -0.945. The summed E-state index contributed by atoms with van der Waals surface area (Å²) in [5.41, 5.74) is 1.08. The Morgan fingerprint density at radius 2 is 1.75 bits per heavy atom. The number of rotatable bonds is 8. The molecule has 216 valence electrons. The van der Waals surface area contributed by atoms with Crippen molar-refractivity contribution < 1.29 is 19.2 Å². The van der Waals surface area contributed by atoms with Gasteiger partial charge in [0.2, 0.25) is 23.6 Å². The lowest BCUT2D eigenvalue weighted by atomic mass is 9.87. The van der Waals surface area contributed by atoms with Crippen LogP contribution in [0.3, 0.4) is 0 Å². The molecule has 2 saturated carbocycles. The number of hydrogen-bond acceptors (Lipinski definition) is 5. The molecule has 2 fully saturated rings. The molecule has 9 nitrogen and oxygen atoms in total. The molecule has 4 amide bonds. The van der Waals surface area contributed by atoms with Crippen molar-refractivity contribution in [3.63, 3.8) is 0 Å². The van der Waals surface area contributed by atoms with Crippen LogP contribution in [0.5, 0.6) is 0 Å². The number of nitriles is 1. The first-order chi connectivity index (χ1) is 19.0. The summed E-state index contributed by atoms with van der Waals surface area (Å²) in [4.78, 5) is 54.9. The zero-order valence-electron chi connectivity index (χ0n) is 24.0. The number of nitrogens with one attached hydrogen (secondary N) is 3. The predicted molar refractivity (Wildman–Crippen MR) is 152 cm³/mol. The van der Waals surface area contributed by atoms with Gasteiger partial charge < -0.3 is 20.9 Å². The summed E-state index contributed by atoms with van der Waals surface area (Å²) in [6, 6.07) is 6.94. The van der Waals surface area contributed by atoms with Crippen LogP contribution in [0.4, 0.5) is 5.69 Å². The highest BCUT2D eigenvalue weighted by Gasteiger charge is 2.38. The molecule has 0 spiro atoms. The Balaban J connectivity index is 1.54. The summed E-state index contributed by atoms with van der Waals surface area (Å²) >= 11 is 0. The first-order valence-corrected chi connectivity index (χ1v) is 14.7. The van der Waals surface area contributed by atoms with Crippen LogP contribution in [-0.2, 0) is 25.6 Å². The largest absolute Gasteiger partial charge is 0.344 e. The maximum Gasteiger partial charge on any atom is 0.246 e. The van der Waals surface area contributed by atoms with Crippen LogP contribution in [0.25, 0.3) is 0 Å². The Labute approximate surface area is 237 Å².